The maximum Gasteiger partial charge on any atom is 0.417 e. The summed E-state index contributed by atoms with van der Waals surface area (Å²) in [5, 5.41) is 5.82. The zero-order chi connectivity index (χ0) is 51.8. The van der Waals surface area contributed by atoms with Crippen LogP contribution in [0.15, 0.2) is 146 Å². The van der Waals surface area contributed by atoms with Crippen LogP contribution in [0.1, 0.15) is 82.9 Å². The summed E-state index contributed by atoms with van der Waals surface area (Å²) in [6.45, 7) is 4.26. The zero-order valence-corrected chi connectivity index (χ0v) is 40.0. The Hall–Kier alpha value is -7.76. The Balaban J connectivity index is 0.000000214. The van der Waals surface area contributed by atoms with Crippen LogP contribution in [0.5, 0.6) is 0 Å². The number of piperazine rings is 2. The molecule has 2 N–H and O–H groups in total. The minimum atomic E-state index is -4.59. The van der Waals surface area contributed by atoms with Crippen LogP contribution < -0.4 is 20.4 Å². The number of nitrogens with one attached hydrogen (secondary N) is 2. The summed E-state index contributed by atoms with van der Waals surface area (Å²) >= 11 is 0. The van der Waals surface area contributed by atoms with E-state index in [2.05, 4.69) is 44.9 Å². The van der Waals surface area contributed by atoms with Crippen molar-refractivity contribution in [2.75, 3.05) is 75.2 Å². The van der Waals surface area contributed by atoms with Crippen LogP contribution in [0.4, 0.5) is 38.0 Å². The number of carbonyl (C=O) groups excluding carboxylic acids is 4. The summed E-state index contributed by atoms with van der Waals surface area (Å²) in [6, 6.07) is 36.6. The van der Waals surface area contributed by atoms with Gasteiger partial charge in [0.25, 0.3) is 23.6 Å². The highest BCUT2D eigenvalue weighted by Crippen LogP contribution is 2.33. The molecule has 2 aliphatic rings. The molecule has 2 fully saturated rings. The van der Waals surface area contributed by atoms with Gasteiger partial charge < -0.3 is 30.2 Å². The normalized spacial score (nSPS) is 13.9. The third-order valence-electron chi connectivity index (χ3n) is 12.5. The number of alkyl halides is 6. The average Bonchev–Trinajstić information content (AvgIpc) is 3.42. The van der Waals surface area contributed by atoms with Crippen molar-refractivity contribution in [2.24, 2.45) is 0 Å². The second-order valence-electron chi connectivity index (χ2n) is 17.5. The molecule has 2 saturated heterocycles. The molecular formula is C55H56F6N8O4. The van der Waals surface area contributed by atoms with Gasteiger partial charge in [-0.2, -0.15) is 26.3 Å². The molecule has 4 aromatic carbocycles. The highest BCUT2D eigenvalue weighted by Gasteiger charge is 2.37. The molecule has 0 aliphatic carbocycles. The first-order valence-corrected chi connectivity index (χ1v) is 24.1. The molecule has 2 aliphatic heterocycles. The highest BCUT2D eigenvalue weighted by atomic mass is 19.4. The summed E-state index contributed by atoms with van der Waals surface area (Å²) in [5.74, 6) is -0.0792. The topological polar surface area (TPSA) is 131 Å². The van der Waals surface area contributed by atoms with Gasteiger partial charge in [-0.1, -0.05) is 78.9 Å². The number of carbonyl (C=O) groups is 4. The molecule has 6 aromatic rings. The Labute approximate surface area is 420 Å². The predicted molar refractivity (Wildman–Crippen MR) is 266 cm³/mol. The van der Waals surface area contributed by atoms with E-state index in [1.54, 1.807) is 29.2 Å². The Bertz CT molecular complexity index is 2750. The van der Waals surface area contributed by atoms with Crippen molar-refractivity contribution in [3.63, 3.8) is 0 Å². The number of aryl methyl sites for hydroxylation is 2. The third kappa shape index (κ3) is 15.1. The van der Waals surface area contributed by atoms with Crippen LogP contribution in [0, 0.1) is 0 Å². The lowest BCUT2D eigenvalue weighted by Crippen LogP contribution is -2.49. The molecule has 4 heterocycles. The molecule has 73 heavy (non-hydrogen) atoms. The molecular weight excluding hydrogens is 951 g/mol. The van der Waals surface area contributed by atoms with E-state index < -0.39 is 35.3 Å². The highest BCUT2D eigenvalue weighted by molar-refractivity contribution is 5.97. The van der Waals surface area contributed by atoms with Gasteiger partial charge in [-0.15, -0.1) is 0 Å². The van der Waals surface area contributed by atoms with Crippen molar-refractivity contribution in [3.05, 3.63) is 190 Å². The van der Waals surface area contributed by atoms with Gasteiger partial charge in [0.2, 0.25) is 0 Å². The van der Waals surface area contributed by atoms with Gasteiger partial charge in [-0.25, -0.2) is 9.97 Å². The van der Waals surface area contributed by atoms with Crippen molar-refractivity contribution in [1.82, 2.24) is 30.4 Å². The van der Waals surface area contributed by atoms with Crippen LogP contribution >= 0.6 is 0 Å². The summed E-state index contributed by atoms with van der Waals surface area (Å²) in [7, 11) is 0. The molecule has 2 aromatic heterocycles. The second-order valence-corrected chi connectivity index (χ2v) is 17.5. The minimum absolute atomic E-state index is 0.0236. The van der Waals surface area contributed by atoms with Gasteiger partial charge in [0, 0.05) is 83.4 Å². The van der Waals surface area contributed by atoms with Gasteiger partial charge in [0.05, 0.1) is 27.8 Å². The molecule has 0 radical (unpaired) electrons. The average molecular weight is 1010 g/mol. The first-order valence-electron chi connectivity index (χ1n) is 24.1. The van der Waals surface area contributed by atoms with Crippen LogP contribution in [-0.2, 0) is 25.2 Å². The fourth-order valence-electron chi connectivity index (χ4n) is 8.43. The van der Waals surface area contributed by atoms with Crippen molar-refractivity contribution < 1.29 is 45.5 Å². The van der Waals surface area contributed by atoms with Gasteiger partial charge >= 0.3 is 12.4 Å². The second kappa shape index (κ2) is 25.1. The first-order chi connectivity index (χ1) is 35.1. The molecule has 8 rings (SSSR count). The maximum absolute atomic E-state index is 13.3. The number of pyridine rings is 2. The minimum Gasteiger partial charge on any atom is -0.353 e. The van der Waals surface area contributed by atoms with E-state index >= 15 is 0 Å². The van der Waals surface area contributed by atoms with Crippen LogP contribution in [0.2, 0.25) is 0 Å². The maximum atomic E-state index is 13.3. The fraction of sp³-hybridized carbons (Fsp3) is 0.309. The number of rotatable bonds is 15. The van der Waals surface area contributed by atoms with E-state index in [0.29, 0.717) is 75.1 Å². The van der Waals surface area contributed by atoms with E-state index in [1.807, 2.05) is 46.2 Å². The summed E-state index contributed by atoms with van der Waals surface area (Å²) in [4.78, 5) is 66.0. The van der Waals surface area contributed by atoms with Crippen molar-refractivity contribution in [1.29, 1.82) is 0 Å². The molecule has 382 valence electrons. The molecule has 0 bridgehead atoms. The SMILES string of the molecule is O=C(NCCCCc1ccccc1)c1ccc(N2CCN(C(=O)c3ccccc3C(F)(F)F)CC2)nc1.O=C(NCCCc1ccccc1)c1ccc(N2CCN(C(=O)c3cccc(C(F)(F)F)c3)CC2)nc1. The number of nitrogens with zero attached hydrogens (tertiary/aromatic N) is 6. The predicted octanol–water partition coefficient (Wildman–Crippen LogP) is 9.24. The van der Waals surface area contributed by atoms with E-state index in [1.165, 1.54) is 58.8 Å². The largest absolute Gasteiger partial charge is 0.417 e. The molecule has 0 spiro atoms. The molecule has 0 atom stereocenters. The smallest absolute Gasteiger partial charge is 0.353 e. The van der Waals surface area contributed by atoms with E-state index in [9.17, 15) is 45.5 Å². The molecule has 18 heteroatoms. The number of hydrogen-bond donors (Lipinski definition) is 2. The molecule has 0 unspecified atom stereocenters. The Kier molecular flexibility index (Phi) is 18.2. The number of unbranched alkanes of at least 4 members (excludes halogenated alkanes) is 1. The molecule has 0 saturated carbocycles. The standard InChI is InChI=1S/C28H29F3N4O2.C27H27F3N4O2/c29-28(30,31)24-12-5-4-11-23(24)27(37)35-18-16-34(17-19-35)25-14-13-22(20-33-25)26(36)32-15-7-6-10-21-8-2-1-3-9-21;28-27(29,30)23-10-4-9-21(18-23)26(36)34-16-14-33(15-17-34)24-12-11-22(19-32-24)25(35)31-13-5-8-20-6-2-1-3-7-20/h1-5,8-9,11-14,20H,6-7,10,15-19H2,(H,32,36);1-4,6-7,9-12,18-19H,5,8,13-17H2,(H,31,35). The Morgan fingerprint density at radius 1 is 0.466 bits per heavy atom. The lowest BCUT2D eigenvalue weighted by atomic mass is 10.1. The summed E-state index contributed by atoms with van der Waals surface area (Å²) in [5.41, 5.74) is 1.37. The quantitative estimate of drug-likeness (QED) is 0.0770. The number of benzene rings is 4. The van der Waals surface area contributed by atoms with Gasteiger partial charge in [-0.05, 0) is 97.8 Å². The van der Waals surface area contributed by atoms with Crippen LogP contribution in [-0.4, -0.2) is 109 Å². The summed E-state index contributed by atoms with van der Waals surface area (Å²) < 4.78 is 78.8. The van der Waals surface area contributed by atoms with Crippen molar-refractivity contribution in [3.8, 4) is 0 Å². The fourth-order valence-corrected chi connectivity index (χ4v) is 8.43. The van der Waals surface area contributed by atoms with E-state index in [4.69, 9.17) is 0 Å². The van der Waals surface area contributed by atoms with E-state index in [0.717, 1.165) is 50.3 Å². The van der Waals surface area contributed by atoms with Gasteiger partial charge in [0.1, 0.15) is 11.6 Å². The van der Waals surface area contributed by atoms with Crippen LogP contribution in [0.3, 0.4) is 0 Å². The lowest BCUT2D eigenvalue weighted by Gasteiger charge is -2.35. The van der Waals surface area contributed by atoms with Crippen molar-refractivity contribution in [2.45, 2.75) is 44.5 Å². The summed E-state index contributed by atoms with van der Waals surface area (Å²) in [6.07, 6.45) is -1.47. The van der Waals surface area contributed by atoms with E-state index in [-0.39, 0.29) is 36.0 Å². The molecule has 4 amide bonds. The lowest BCUT2D eigenvalue weighted by molar-refractivity contribution is -0.138. The number of amides is 4. The van der Waals surface area contributed by atoms with Gasteiger partial charge in [-0.3, -0.25) is 19.2 Å². The monoisotopic (exact) mass is 1010 g/mol. The van der Waals surface area contributed by atoms with Crippen LogP contribution in [0.25, 0.3) is 0 Å². The first kappa shape index (κ1) is 53.0. The van der Waals surface area contributed by atoms with Gasteiger partial charge in [0.15, 0.2) is 0 Å². The Morgan fingerprint density at radius 2 is 0.945 bits per heavy atom. The number of halogens is 6. The zero-order valence-electron chi connectivity index (χ0n) is 40.0. The molecule has 12 nitrogen and oxygen atoms in total. The number of hydrogen-bond acceptors (Lipinski definition) is 8. The third-order valence-corrected chi connectivity index (χ3v) is 12.5. The number of aromatic nitrogens is 2. The number of anilines is 2. The van der Waals surface area contributed by atoms with Crippen molar-refractivity contribution >= 4 is 35.3 Å². The Morgan fingerprint density at radius 3 is 1.44 bits per heavy atom.